The van der Waals surface area contributed by atoms with Crippen molar-refractivity contribution in [3.05, 3.63) is 53.6 Å². The molecule has 0 saturated heterocycles. The fourth-order valence-electron chi connectivity index (χ4n) is 4.04. The molecule has 1 aliphatic rings. The summed E-state index contributed by atoms with van der Waals surface area (Å²) in [6.07, 6.45) is 9.22. The summed E-state index contributed by atoms with van der Waals surface area (Å²) in [5.41, 5.74) is 8.39. The van der Waals surface area contributed by atoms with Crippen molar-refractivity contribution < 1.29 is 13.9 Å². The number of halogens is 1. The maximum absolute atomic E-state index is 14.7. The van der Waals surface area contributed by atoms with Gasteiger partial charge in [-0.2, -0.15) is 0 Å². The summed E-state index contributed by atoms with van der Waals surface area (Å²) in [5.74, 6) is -0.0173. The lowest BCUT2D eigenvalue weighted by atomic mass is 9.95. The molecule has 1 saturated carbocycles. The van der Waals surface area contributed by atoms with Crippen LogP contribution >= 0.6 is 0 Å². The van der Waals surface area contributed by atoms with Crippen molar-refractivity contribution in [1.29, 1.82) is 0 Å². The molecular formula is C23H27FN4O2. The van der Waals surface area contributed by atoms with Gasteiger partial charge in [-0.05, 0) is 55.5 Å². The van der Waals surface area contributed by atoms with E-state index in [1.54, 1.807) is 24.4 Å². The highest BCUT2D eigenvalue weighted by atomic mass is 19.1. The predicted molar refractivity (Wildman–Crippen MR) is 114 cm³/mol. The zero-order valence-corrected chi connectivity index (χ0v) is 17.1. The standard InChI is InChI=1S/C23H27FN4O2/c1-14-13-27-22-21(14)20(9-10-26-22)30-19-8-7-15(11-17(19)24)12-18(25)23(29)28-16-5-3-2-4-6-16/h7-11,13,16,18H,2-6,12,25H2,1H3,(H,26,27)(H,28,29)/t18-/m1/s1. The highest BCUT2D eigenvalue weighted by Gasteiger charge is 2.21. The molecule has 30 heavy (non-hydrogen) atoms. The Bertz CT molecular complexity index is 1040. The van der Waals surface area contributed by atoms with E-state index in [0.717, 1.165) is 36.6 Å². The number of amides is 1. The molecule has 2 heterocycles. The van der Waals surface area contributed by atoms with E-state index in [1.165, 1.54) is 12.5 Å². The predicted octanol–water partition coefficient (Wildman–Crippen LogP) is 4.12. The summed E-state index contributed by atoms with van der Waals surface area (Å²) < 4.78 is 20.5. The number of aryl methyl sites for hydroxylation is 1. The van der Waals surface area contributed by atoms with Crippen molar-refractivity contribution in [1.82, 2.24) is 15.3 Å². The SMILES string of the molecule is Cc1c[nH]c2nccc(Oc3ccc(C[C@@H](N)C(=O)NC4CCCCC4)cc3F)c12. The van der Waals surface area contributed by atoms with E-state index in [2.05, 4.69) is 15.3 Å². The Kier molecular flexibility index (Phi) is 5.99. The number of benzene rings is 1. The number of nitrogens with two attached hydrogens (primary N) is 1. The number of pyridine rings is 1. The molecule has 0 bridgehead atoms. The van der Waals surface area contributed by atoms with Crippen molar-refractivity contribution in [2.24, 2.45) is 5.73 Å². The number of rotatable bonds is 6. The molecule has 1 aliphatic carbocycles. The van der Waals surface area contributed by atoms with E-state index in [9.17, 15) is 9.18 Å². The number of hydrogen-bond acceptors (Lipinski definition) is 4. The first-order chi connectivity index (χ1) is 14.5. The number of carbonyl (C=O) groups is 1. The minimum absolute atomic E-state index is 0.118. The third-order valence-electron chi connectivity index (χ3n) is 5.69. The second kappa shape index (κ2) is 8.83. The average Bonchev–Trinajstić information content (AvgIpc) is 3.12. The van der Waals surface area contributed by atoms with Gasteiger partial charge in [-0.15, -0.1) is 0 Å². The Hall–Kier alpha value is -2.93. The van der Waals surface area contributed by atoms with E-state index in [-0.39, 0.29) is 24.1 Å². The van der Waals surface area contributed by atoms with Crippen LogP contribution in [0.15, 0.2) is 36.7 Å². The Labute approximate surface area is 175 Å². The fraction of sp³-hybridized carbons (Fsp3) is 0.391. The third kappa shape index (κ3) is 4.46. The van der Waals surface area contributed by atoms with Gasteiger partial charge in [0.05, 0.1) is 11.4 Å². The van der Waals surface area contributed by atoms with E-state index in [1.807, 2.05) is 13.1 Å². The van der Waals surface area contributed by atoms with Crippen LogP contribution in [-0.2, 0) is 11.2 Å². The quantitative estimate of drug-likeness (QED) is 0.570. The number of carbonyl (C=O) groups excluding carboxylic acids is 1. The summed E-state index contributed by atoms with van der Waals surface area (Å²) in [6.45, 7) is 1.94. The van der Waals surface area contributed by atoms with Crippen molar-refractivity contribution in [3.8, 4) is 11.5 Å². The number of nitrogens with one attached hydrogen (secondary N) is 2. The van der Waals surface area contributed by atoms with Crippen LogP contribution in [-0.4, -0.2) is 28.0 Å². The molecule has 6 nitrogen and oxygen atoms in total. The summed E-state index contributed by atoms with van der Waals surface area (Å²) in [4.78, 5) is 19.7. The van der Waals surface area contributed by atoms with Gasteiger partial charge < -0.3 is 20.8 Å². The number of hydrogen-bond donors (Lipinski definition) is 3. The number of fused-ring (bicyclic) bond motifs is 1. The van der Waals surface area contributed by atoms with Gasteiger partial charge in [0.2, 0.25) is 5.91 Å². The summed E-state index contributed by atoms with van der Waals surface area (Å²) in [7, 11) is 0. The minimum atomic E-state index is -0.708. The molecule has 4 rings (SSSR count). The molecule has 0 aliphatic heterocycles. The Morgan fingerprint density at radius 3 is 2.87 bits per heavy atom. The number of nitrogens with zero attached hydrogens (tertiary/aromatic N) is 1. The molecule has 0 radical (unpaired) electrons. The number of ether oxygens (including phenoxy) is 1. The van der Waals surface area contributed by atoms with Gasteiger partial charge in [0.1, 0.15) is 11.4 Å². The van der Waals surface area contributed by atoms with E-state index in [4.69, 9.17) is 10.5 Å². The molecule has 1 fully saturated rings. The van der Waals surface area contributed by atoms with Gasteiger partial charge in [0, 0.05) is 18.4 Å². The lowest BCUT2D eigenvalue weighted by Gasteiger charge is -2.24. The molecule has 1 amide bonds. The van der Waals surface area contributed by atoms with Crippen molar-refractivity contribution in [3.63, 3.8) is 0 Å². The van der Waals surface area contributed by atoms with Crippen molar-refractivity contribution >= 4 is 16.9 Å². The van der Waals surface area contributed by atoms with Crippen molar-refractivity contribution in [2.45, 2.75) is 57.5 Å². The molecule has 2 aromatic heterocycles. The third-order valence-corrected chi connectivity index (χ3v) is 5.69. The van der Waals surface area contributed by atoms with Crippen LogP contribution in [0.2, 0.25) is 0 Å². The van der Waals surface area contributed by atoms with Gasteiger partial charge in [-0.3, -0.25) is 4.79 Å². The normalized spacial score (nSPS) is 15.8. The van der Waals surface area contributed by atoms with E-state index < -0.39 is 11.9 Å². The smallest absolute Gasteiger partial charge is 0.237 e. The van der Waals surface area contributed by atoms with Gasteiger partial charge in [-0.25, -0.2) is 9.37 Å². The topological polar surface area (TPSA) is 93.0 Å². The van der Waals surface area contributed by atoms with Crippen molar-refractivity contribution in [2.75, 3.05) is 0 Å². The van der Waals surface area contributed by atoms with Crippen LogP contribution in [0, 0.1) is 12.7 Å². The second-order valence-electron chi connectivity index (χ2n) is 8.03. The molecule has 4 N–H and O–H groups in total. The summed E-state index contributed by atoms with van der Waals surface area (Å²) in [6, 6.07) is 5.91. The van der Waals surface area contributed by atoms with Gasteiger partial charge >= 0.3 is 0 Å². The fourth-order valence-corrected chi connectivity index (χ4v) is 4.04. The molecule has 0 unspecified atom stereocenters. The van der Waals surface area contributed by atoms with Crippen LogP contribution in [0.4, 0.5) is 4.39 Å². The molecule has 3 aromatic rings. The Morgan fingerprint density at radius 2 is 2.10 bits per heavy atom. The van der Waals surface area contributed by atoms with Gasteiger partial charge in [0.25, 0.3) is 0 Å². The molecule has 158 valence electrons. The van der Waals surface area contributed by atoms with Crippen LogP contribution in [0.1, 0.15) is 43.2 Å². The second-order valence-corrected chi connectivity index (χ2v) is 8.03. The maximum Gasteiger partial charge on any atom is 0.237 e. The number of aromatic nitrogens is 2. The highest BCUT2D eigenvalue weighted by Crippen LogP contribution is 2.32. The van der Waals surface area contributed by atoms with Crippen LogP contribution < -0.4 is 15.8 Å². The zero-order valence-electron chi connectivity index (χ0n) is 17.1. The van der Waals surface area contributed by atoms with Crippen LogP contribution in [0.3, 0.4) is 0 Å². The maximum atomic E-state index is 14.7. The molecule has 7 heteroatoms. The number of H-pyrrole nitrogens is 1. The molecule has 1 aromatic carbocycles. The van der Waals surface area contributed by atoms with Gasteiger partial charge in [-0.1, -0.05) is 25.3 Å². The Morgan fingerprint density at radius 1 is 1.30 bits per heavy atom. The van der Waals surface area contributed by atoms with Crippen LogP contribution in [0.5, 0.6) is 11.5 Å². The van der Waals surface area contributed by atoms with E-state index in [0.29, 0.717) is 17.0 Å². The first-order valence-corrected chi connectivity index (χ1v) is 10.5. The molecule has 0 spiro atoms. The lowest BCUT2D eigenvalue weighted by Crippen LogP contribution is -2.46. The molecule has 1 atom stereocenters. The average molecular weight is 410 g/mol. The largest absolute Gasteiger partial charge is 0.453 e. The molecular weight excluding hydrogens is 383 g/mol. The Balaban J connectivity index is 1.42. The first kappa shape index (κ1) is 20.3. The van der Waals surface area contributed by atoms with E-state index >= 15 is 0 Å². The summed E-state index contributed by atoms with van der Waals surface area (Å²) >= 11 is 0. The van der Waals surface area contributed by atoms with Crippen LogP contribution in [0.25, 0.3) is 11.0 Å². The monoisotopic (exact) mass is 410 g/mol. The zero-order chi connectivity index (χ0) is 21.1. The minimum Gasteiger partial charge on any atom is -0.453 e. The summed E-state index contributed by atoms with van der Waals surface area (Å²) in [5, 5.41) is 3.85. The lowest BCUT2D eigenvalue weighted by molar-refractivity contribution is -0.123. The first-order valence-electron chi connectivity index (χ1n) is 10.5. The number of aromatic amines is 1. The highest BCUT2D eigenvalue weighted by molar-refractivity contribution is 5.86. The van der Waals surface area contributed by atoms with Gasteiger partial charge in [0.15, 0.2) is 11.6 Å².